The predicted octanol–water partition coefficient (Wildman–Crippen LogP) is -1.13. The molecule has 3 fully saturated rings. The predicted molar refractivity (Wildman–Crippen MR) is 91.4 cm³/mol. The van der Waals surface area contributed by atoms with Crippen LogP contribution in [0.1, 0.15) is 19.3 Å². The van der Waals surface area contributed by atoms with Crippen LogP contribution in [0, 0.1) is 0 Å². The second kappa shape index (κ2) is 7.99. The summed E-state index contributed by atoms with van der Waals surface area (Å²) in [5, 5.41) is 3.05. The molecule has 138 valence electrons. The van der Waals surface area contributed by atoms with Gasteiger partial charge in [-0.1, -0.05) is 0 Å². The van der Waals surface area contributed by atoms with E-state index in [9.17, 15) is 18.0 Å². The first-order valence-electron chi connectivity index (χ1n) is 8.23. The molecule has 0 saturated carbocycles. The zero-order valence-electron chi connectivity index (χ0n) is 13.6. The van der Waals surface area contributed by atoms with Crippen LogP contribution in [0.2, 0.25) is 0 Å². The summed E-state index contributed by atoms with van der Waals surface area (Å²) in [5.41, 5.74) is 0. The summed E-state index contributed by atoms with van der Waals surface area (Å²) in [7, 11) is -3.25. The smallest absolute Gasteiger partial charge is 0.237 e. The molecule has 0 aromatic heterocycles. The molecule has 3 aliphatic rings. The van der Waals surface area contributed by atoms with Crippen LogP contribution < -0.4 is 5.32 Å². The van der Waals surface area contributed by atoms with Crippen molar-refractivity contribution in [1.82, 2.24) is 19.4 Å². The number of piperidine rings is 1. The van der Waals surface area contributed by atoms with Gasteiger partial charge in [0.2, 0.25) is 21.8 Å². The van der Waals surface area contributed by atoms with E-state index in [1.54, 1.807) is 4.90 Å². The summed E-state index contributed by atoms with van der Waals surface area (Å²) in [6.07, 6.45) is 2.34. The van der Waals surface area contributed by atoms with E-state index in [4.69, 9.17) is 0 Å². The number of nitrogens with zero attached hydrogens (tertiary/aromatic N) is 3. The Bertz CT molecular complexity index is 585. The number of hydrogen-bond acceptors (Lipinski definition) is 5. The van der Waals surface area contributed by atoms with Gasteiger partial charge in [-0.05, 0) is 19.3 Å². The van der Waals surface area contributed by atoms with E-state index in [1.165, 1.54) is 4.31 Å². The third-order valence-electron chi connectivity index (χ3n) is 4.83. The van der Waals surface area contributed by atoms with Gasteiger partial charge in [-0.3, -0.25) is 9.59 Å². The van der Waals surface area contributed by atoms with Crippen molar-refractivity contribution >= 4 is 34.2 Å². The zero-order chi connectivity index (χ0) is 16.4. The van der Waals surface area contributed by atoms with Crippen LogP contribution >= 0.6 is 12.4 Å². The van der Waals surface area contributed by atoms with Crippen molar-refractivity contribution in [3.8, 4) is 0 Å². The first-order chi connectivity index (χ1) is 11.0. The largest absolute Gasteiger partial charge is 0.339 e. The Balaban J connectivity index is 0.00000208. The highest BCUT2D eigenvalue weighted by Gasteiger charge is 2.34. The van der Waals surface area contributed by atoms with Crippen LogP contribution in [-0.2, 0) is 19.6 Å². The monoisotopic (exact) mass is 380 g/mol. The lowest BCUT2D eigenvalue weighted by atomic mass is 10.0. The molecule has 0 spiro atoms. The topological polar surface area (TPSA) is 90.0 Å². The number of halogens is 1. The van der Waals surface area contributed by atoms with Gasteiger partial charge in [-0.25, -0.2) is 8.42 Å². The Morgan fingerprint density at radius 3 is 2.67 bits per heavy atom. The van der Waals surface area contributed by atoms with Crippen molar-refractivity contribution in [1.29, 1.82) is 0 Å². The minimum Gasteiger partial charge on any atom is -0.339 e. The van der Waals surface area contributed by atoms with E-state index in [1.807, 2.05) is 4.90 Å². The van der Waals surface area contributed by atoms with E-state index in [-0.39, 0.29) is 42.6 Å². The summed E-state index contributed by atoms with van der Waals surface area (Å²) >= 11 is 0. The molecule has 3 aliphatic heterocycles. The quantitative estimate of drug-likeness (QED) is 0.669. The van der Waals surface area contributed by atoms with E-state index in [0.29, 0.717) is 39.1 Å². The highest BCUT2D eigenvalue weighted by molar-refractivity contribution is 7.89. The van der Waals surface area contributed by atoms with Gasteiger partial charge in [0.25, 0.3) is 0 Å². The Kier molecular flexibility index (Phi) is 6.46. The third kappa shape index (κ3) is 4.19. The molecule has 8 nitrogen and oxygen atoms in total. The normalized spacial score (nSPS) is 27.8. The maximum atomic E-state index is 12.5. The fourth-order valence-corrected chi connectivity index (χ4v) is 5.03. The molecule has 0 bridgehead atoms. The van der Waals surface area contributed by atoms with Crippen molar-refractivity contribution in [3.05, 3.63) is 0 Å². The van der Waals surface area contributed by atoms with Gasteiger partial charge in [0, 0.05) is 38.8 Å². The summed E-state index contributed by atoms with van der Waals surface area (Å²) in [6.45, 7) is 3.33. The molecule has 24 heavy (non-hydrogen) atoms. The molecular weight excluding hydrogens is 356 g/mol. The molecule has 3 rings (SSSR count). The van der Waals surface area contributed by atoms with Crippen LogP contribution in [0.15, 0.2) is 0 Å². The van der Waals surface area contributed by atoms with Crippen LogP contribution in [0.5, 0.6) is 0 Å². The fraction of sp³-hybridized carbons (Fsp3) is 0.857. The molecular formula is C14H25ClN4O4S. The summed E-state index contributed by atoms with van der Waals surface area (Å²) < 4.78 is 24.9. The van der Waals surface area contributed by atoms with E-state index in [0.717, 1.165) is 19.4 Å². The minimum absolute atomic E-state index is 0. The average Bonchev–Trinajstić information content (AvgIpc) is 2.86. The standard InChI is InChI=1S/C14H24N4O4S.ClH/c19-13-9-15-4-7-18(13)12-3-1-5-16(10-12)14(20)11-17-6-2-8-23(17,21)22;/h12,15H,1-11H2;1H. The number of rotatable bonds is 3. The van der Waals surface area contributed by atoms with Gasteiger partial charge in [-0.15, -0.1) is 12.4 Å². The molecule has 1 unspecified atom stereocenters. The van der Waals surface area contributed by atoms with Crippen molar-refractivity contribution in [2.75, 3.05) is 51.6 Å². The molecule has 0 radical (unpaired) electrons. The maximum absolute atomic E-state index is 12.5. The van der Waals surface area contributed by atoms with Crippen molar-refractivity contribution in [2.24, 2.45) is 0 Å². The Morgan fingerprint density at radius 2 is 2.00 bits per heavy atom. The van der Waals surface area contributed by atoms with Gasteiger partial charge < -0.3 is 15.1 Å². The average molecular weight is 381 g/mol. The van der Waals surface area contributed by atoms with E-state index >= 15 is 0 Å². The van der Waals surface area contributed by atoms with Gasteiger partial charge >= 0.3 is 0 Å². The molecule has 1 atom stereocenters. The summed E-state index contributed by atoms with van der Waals surface area (Å²) in [4.78, 5) is 28.0. The lowest BCUT2D eigenvalue weighted by molar-refractivity contribution is -0.140. The van der Waals surface area contributed by atoms with Crippen LogP contribution in [-0.4, -0.2) is 91.9 Å². The number of likely N-dealkylation sites (tertiary alicyclic amines) is 1. The highest BCUT2D eigenvalue weighted by atomic mass is 35.5. The molecule has 0 aromatic rings. The van der Waals surface area contributed by atoms with Crippen molar-refractivity contribution in [2.45, 2.75) is 25.3 Å². The second-order valence-corrected chi connectivity index (χ2v) is 8.49. The van der Waals surface area contributed by atoms with Crippen LogP contribution in [0.25, 0.3) is 0 Å². The second-order valence-electron chi connectivity index (χ2n) is 6.40. The number of hydrogen-bond donors (Lipinski definition) is 1. The molecule has 1 N–H and O–H groups in total. The Morgan fingerprint density at radius 1 is 1.21 bits per heavy atom. The lowest BCUT2D eigenvalue weighted by Gasteiger charge is -2.41. The van der Waals surface area contributed by atoms with Crippen molar-refractivity contribution in [3.63, 3.8) is 0 Å². The Hall–Kier alpha value is -0.900. The first-order valence-corrected chi connectivity index (χ1v) is 9.84. The first kappa shape index (κ1) is 19.4. The van der Waals surface area contributed by atoms with E-state index in [2.05, 4.69) is 5.32 Å². The van der Waals surface area contributed by atoms with Gasteiger partial charge in [0.15, 0.2) is 0 Å². The van der Waals surface area contributed by atoms with E-state index < -0.39 is 10.0 Å². The van der Waals surface area contributed by atoms with Gasteiger partial charge in [0.1, 0.15) is 0 Å². The highest BCUT2D eigenvalue weighted by Crippen LogP contribution is 2.19. The summed E-state index contributed by atoms with van der Waals surface area (Å²) in [5.74, 6) is 0.0680. The number of sulfonamides is 1. The Labute approximate surface area is 149 Å². The third-order valence-corrected chi connectivity index (χ3v) is 6.73. The van der Waals surface area contributed by atoms with Gasteiger partial charge in [-0.2, -0.15) is 4.31 Å². The fourth-order valence-electron chi connectivity index (χ4n) is 3.56. The number of nitrogens with one attached hydrogen (secondary N) is 1. The maximum Gasteiger partial charge on any atom is 0.237 e. The van der Waals surface area contributed by atoms with Gasteiger partial charge in [0.05, 0.1) is 18.8 Å². The molecule has 10 heteroatoms. The molecule has 0 aromatic carbocycles. The zero-order valence-corrected chi connectivity index (χ0v) is 15.3. The molecule has 2 amide bonds. The number of amides is 2. The molecule has 3 saturated heterocycles. The van der Waals surface area contributed by atoms with Crippen molar-refractivity contribution < 1.29 is 18.0 Å². The minimum atomic E-state index is -3.25. The molecule has 3 heterocycles. The SMILES string of the molecule is Cl.O=C(CN1CCCS1(=O)=O)N1CCCC(N2CCNCC2=O)C1. The lowest BCUT2D eigenvalue weighted by Crippen LogP contribution is -2.58. The van der Waals surface area contributed by atoms with Crippen LogP contribution in [0.3, 0.4) is 0 Å². The number of carbonyl (C=O) groups is 2. The number of carbonyl (C=O) groups excluding carboxylic acids is 2. The van der Waals surface area contributed by atoms with Crippen LogP contribution in [0.4, 0.5) is 0 Å². The summed E-state index contributed by atoms with van der Waals surface area (Å²) in [6, 6.07) is 0.0532. The molecule has 0 aliphatic carbocycles. The number of piperazine rings is 1.